The number of fused-ring (bicyclic) bond motifs is 1. The van der Waals surface area contributed by atoms with Crippen LogP contribution in [0.2, 0.25) is 0 Å². The Labute approximate surface area is 139 Å². The van der Waals surface area contributed by atoms with Crippen LogP contribution >= 0.6 is 11.8 Å². The maximum atomic E-state index is 13.6. The minimum atomic E-state index is -0.946. The van der Waals surface area contributed by atoms with Gasteiger partial charge in [0.2, 0.25) is 5.16 Å². The smallest absolute Gasteiger partial charge is 0.215 e. The molecule has 7 nitrogen and oxygen atoms in total. The molecule has 0 aliphatic carbocycles. The topological polar surface area (TPSA) is 78.6 Å². The van der Waals surface area contributed by atoms with Crippen molar-refractivity contribution >= 4 is 22.7 Å². The van der Waals surface area contributed by atoms with Gasteiger partial charge in [-0.15, -0.1) is 5.10 Å². The van der Waals surface area contributed by atoms with Gasteiger partial charge in [-0.2, -0.15) is 0 Å². The summed E-state index contributed by atoms with van der Waals surface area (Å²) in [5.41, 5.74) is 0.324. The number of halogens is 2. The Morgan fingerprint density at radius 2 is 2.12 bits per heavy atom. The predicted octanol–water partition coefficient (Wildman–Crippen LogP) is 2.22. The zero-order chi connectivity index (χ0) is 16.5. The van der Waals surface area contributed by atoms with Crippen LogP contribution in [-0.4, -0.2) is 42.9 Å². The molecular formula is C14H12F2N6OS. The molecule has 0 N–H and O–H groups in total. The Bertz CT molecular complexity index is 883. The molecule has 0 saturated carbocycles. The lowest BCUT2D eigenvalue weighted by atomic mass is 10.2. The Kier molecular flexibility index (Phi) is 4.07. The third-order valence-electron chi connectivity index (χ3n) is 3.73. The van der Waals surface area contributed by atoms with Gasteiger partial charge in [-0.3, -0.25) is 0 Å². The van der Waals surface area contributed by atoms with Crippen LogP contribution < -0.4 is 0 Å². The van der Waals surface area contributed by atoms with E-state index < -0.39 is 11.6 Å². The molecule has 124 valence electrons. The van der Waals surface area contributed by atoms with Crippen LogP contribution in [0.25, 0.3) is 10.9 Å². The number of tetrazole rings is 1. The normalized spacial score (nSPS) is 17.7. The summed E-state index contributed by atoms with van der Waals surface area (Å²) in [4.78, 5) is 8.12. The van der Waals surface area contributed by atoms with Gasteiger partial charge >= 0.3 is 0 Å². The van der Waals surface area contributed by atoms with Crippen molar-refractivity contribution in [2.45, 2.75) is 35.7 Å². The zero-order valence-electron chi connectivity index (χ0n) is 12.4. The van der Waals surface area contributed by atoms with E-state index in [-0.39, 0.29) is 6.10 Å². The van der Waals surface area contributed by atoms with Crippen molar-refractivity contribution in [3.05, 3.63) is 30.1 Å². The maximum Gasteiger partial charge on any atom is 0.215 e. The highest BCUT2D eigenvalue weighted by Gasteiger charge is 2.20. The van der Waals surface area contributed by atoms with Gasteiger partial charge in [0.25, 0.3) is 0 Å². The minimum Gasteiger partial charge on any atom is -0.376 e. The first-order chi connectivity index (χ1) is 11.7. The van der Waals surface area contributed by atoms with E-state index in [0.717, 1.165) is 31.6 Å². The van der Waals surface area contributed by atoms with E-state index >= 15 is 0 Å². The summed E-state index contributed by atoms with van der Waals surface area (Å²) in [6, 6.07) is 2.13. The van der Waals surface area contributed by atoms with Crippen molar-refractivity contribution in [3.63, 3.8) is 0 Å². The number of ether oxygens (including phenoxy) is 1. The zero-order valence-corrected chi connectivity index (χ0v) is 13.2. The van der Waals surface area contributed by atoms with Gasteiger partial charge in [0.1, 0.15) is 11.4 Å². The quantitative estimate of drug-likeness (QED) is 0.668. The van der Waals surface area contributed by atoms with Crippen molar-refractivity contribution in [2.75, 3.05) is 6.61 Å². The number of rotatable bonds is 4. The number of nitrogens with zero attached hydrogens (tertiary/aromatic N) is 6. The van der Waals surface area contributed by atoms with E-state index in [0.29, 0.717) is 27.6 Å². The fourth-order valence-electron chi connectivity index (χ4n) is 2.56. The standard InChI is InChI=1S/C14H12F2N6OS/c15-10-4-9-12(5-11(10)16)17-7-18-13(9)24-14-19-20-21-22(14)6-8-2-1-3-23-8/h4-5,7-8H,1-3,6H2. The first-order valence-corrected chi connectivity index (χ1v) is 8.18. The fourth-order valence-corrected chi connectivity index (χ4v) is 3.40. The minimum absolute atomic E-state index is 0.0848. The average Bonchev–Trinajstić information content (AvgIpc) is 3.22. The monoisotopic (exact) mass is 350 g/mol. The first-order valence-electron chi connectivity index (χ1n) is 7.36. The van der Waals surface area contributed by atoms with Gasteiger partial charge in [0.05, 0.1) is 18.2 Å². The van der Waals surface area contributed by atoms with E-state index in [1.165, 1.54) is 18.1 Å². The Morgan fingerprint density at radius 3 is 2.96 bits per heavy atom. The third kappa shape index (κ3) is 2.94. The summed E-state index contributed by atoms with van der Waals surface area (Å²) in [6.45, 7) is 1.29. The van der Waals surface area contributed by atoms with Crippen LogP contribution in [0.5, 0.6) is 0 Å². The molecule has 0 radical (unpaired) electrons. The van der Waals surface area contributed by atoms with E-state index in [1.807, 2.05) is 0 Å². The fraction of sp³-hybridized carbons (Fsp3) is 0.357. The van der Waals surface area contributed by atoms with Gasteiger partial charge in [0.15, 0.2) is 11.6 Å². The van der Waals surface area contributed by atoms with E-state index in [1.54, 1.807) is 4.68 Å². The molecule has 1 aliphatic heterocycles. The highest BCUT2D eigenvalue weighted by Crippen LogP contribution is 2.30. The largest absolute Gasteiger partial charge is 0.376 e. The molecule has 24 heavy (non-hydrogen) atoms. The second kappa shape index (κ2) is 6.36. The molecule has 1 unspecified atom stereocenters. The van der Waals surface area contributed by atoms with E-state index in [2.05, 4.69) is 25.5 Å². The lowest BCUT2D eigenvalue weighted by molar-refractivity contribution is 0.0912. The molecule has 1 aliphatic rings. The summed E-state index contributed by atoms with van der Waals surface area (Å²) >= 11 is 1.18. The molecule has 3 aromatic rings. The molecule has 1 atom stereocenters. The molecule has 1 aromatic carbocycles. The van der Waals surface area contributed by atoms with Crippen LogP contribution in [0.4, 0.5) is 8.78 Å². The first kappa shape index (κ1) is 15.3. The van der Waals surface area contributed by atoms with Gasteiger partial charge in [-0.1, -0.05) is 0 Å². The van der Waals surface area contributed by atoms with Gasteiger partial charge in [-0.05, 0) is 41.1 Å². The highest BCUT2D eigenvalue weighted by molar-refractivity contribution is 7.99. The lowest BCUT2D eigenvalue weighted by Gasteiger charge is -2.10. The molecular weight excluding hydrogens is 338 g/mol. The summed E-state index contributed by atoms with van der Waals surface area (Å²) in [6.07, 6.45) is 3.37. The van der Waals surface area contributed by atoms with Crippen LogP contribution in [0, 0.1) is 11.6 Å². The van der Waals surface area contributed by atoms with Crippen LogP contribution in [0.1, 0.15) is 12.8 Å². The SMILES string of the molecule is Fc1cc2ncnc(Sc3nnnn3CC3CCCO3)c2cc1F. The summed E-state index contributed by atoms with van der Waals surface area (Å²) in [5.74, 6) is -1.89. The second-order valence-corrected chi connectivity index (χ2v) is 6.30. The molecule has 1 fully saturated rings. The summed E-state index contributed by atoms with van der Waals surface area (Å²) in [5, 5.41) is 13.0. The second-order valence-electron chi connectivity index (χ2n) is 5.34. The van der Waals surface area contributed by atoms with Crippen molar-refractivity contribution in [1.82, 2.24) is 30.2 Å². The van der Waals surface area contributed by atoms with Crippen molar-refractivity contribution in [2.24, 2.45) is 0 Å². The van der Waals surface area contributed by atoms with Crippen LogP contribution in [0.15, 0.2) is 28.6 Å². The molecule has 0 spiro atoms. The molecule has 3 heterocycles. The summed E-state index contributed by atoms with van der Waals surface area (Å²) in [7, 11) is 0. The molecule has 4 rings (SSSR count). The molecule has 0 bridgehead atoms. The van der Waals surface area contributed by atoms with Crippen molar-refractivity contribution in [1.29, 1.82) is 0 Å². The third-order valence-corrected chi connectivity index (χ3v) is 4.72. The number of benzene rings is 1. The van der Waals surface area contributed by atoms with Crippen LogP contribution in [0.3, 0.4) is 0 Å². The lowest BCUT2D eigenvalue weighted by Crippen LogP contribution is -2.16. The predicted molar refractivity (Wildman–Crippen MR) is 80.4 cm³/mol. The molecule has 10 heteroatoms. The van der Waals surface area contributed by atoms with Crippen molar-refractivity contribution < 1.29 is 13.5 Å². The number of hydrogen-bond donors (Lipinski definition) is 0. The Balaban J connectivity index is 1.65. The number of aromatic nitrogens is 6. The maximum absolute atomic E-state index is 13.6. The van der Waals surface area contributed by atoms with Gasteiger partial charge in [-0.25, -0.2) is 23.4 Å². The number of hydrogen-bond acceptors (Lipinski definition) is 7. The van der Waals surface area contributed by atoms with Gasteiger partial charge in [0, 0.05) is 18.1 Å². The van der Waals surface area contributed by atoms with Crippen LogP contribution in [-0.2, 0) is 11.3 Å². The summed E-state index contributed by atoms with van der Waals surface area (Å²) < 4.78 is 34.1. The average molecular weight is 350 g/mol. The van der Waals surface area contributed by atoms with E-state index in [9.17, 15) is 8.78 Å². The molecule has 1 saturated heterocycles. The van der Waals surface area contributed by atoms with E-state index in [4.69, 9.17) is 4.74 Å². The molecule has 2 aromatic heterocycles. The molecule has 0 amide bonds. The highest BCUT2D eigenvalue weighted by atomic mass is 32.2. The van der Waals surface area contributed by atoms with Gasteiger partial charge < -0.3 is 4.74 Å². The Morgan fingerprint density at radius 1 is 1.25 bits per heavy atom. The van der Waals surface area contributed by atoms with Crippen molar-refractivity contribution in [3.8, 4) is 0 Å². The Hall–Kier alpha value is -2.20.